The lowest BCUT2D eigenvalue weighted by molar-refractivity contribution is -0.137. The number of carbonyl (C=O) groups is 2. The van der Waals surface area contributed by atoms with E-state index in [0.717, 1.165) is 30.1 Å². The highest BCUT2D eigenvalue weighted by Crippen LogP contribution is 2.61. The van der Waals surface area contributed by atoms with Gasteiger partial charge in [0.25, 0.3) is 0 Å². The fourth-order valence-corrected chi connectivity index (χ4v) is 9.25. The molecule has 3 heterocycles. The Bertz CT molecular complexity index is 1850. The number of carbonyl (C=O) groups excluding carboxylic acids is 2. The highest BCUT2D eigenvalue weighted by molar-refractivity contribution is 8.02. The minimum absolute atomic E-state index is 0.0337. The summed E-state index contributed by atoms with van der Waals surface area (Å²) in [6.45, 7) is 3.10. The summed E-state index contributed by atoms with van der Waals surface area (Å²) >= 11 is 1.58. The van der Waals surface area contributed by atoms with Crippen LogP contribution < -0.4 is 16.4 Å². The quantitative estimate of drug-likeness (QED) is 0.0418. The number of hydrogen-bond acceptors (Lipinski definition) is 17. The maximum absolute atomic E-state index is 12.7. The number of nitrogen functional groups attached to an aromatic ring is 1. The van der Waals surface area contributed by atoms with E-state index in [-0.39, 0.29) is 35.9 Å². The standard InChI is InChI=1S/C33H58N7O16P3S/c1-4-5-6-7-8-9-10-11-12-13-17-60-18-16-35-24(41)14-15-36-31(44)28(43)33(2,3)20-53-59(50,51)56-58(48,49)52-19-23-27(55-57(45,46)47)26(42)32(54-23)40-22-39-25-29(34)37-21-38-30(25)40/h13,17,21-23,26-28,32,42-43H,4-12,14-16,18-20H2,1-3H3,(H,35,41)(H,36,44)(H,48,49)(H,50,51)(H2,34,37,38)(H2,45,46,47)/b17-13+/t23-,26-,27-,28?,32-/m1/s1. The number of amides is 2. The molecular weight excluding hydrogens is 875 g/mol. The van der Waals surface area contributed by atoms with E-state index < -0.39 is 78.6 Å². The van der Waals surface area contributed by atoms with Crippen LogP contribution in [0, 0.1) is 5.41 Å². The van der Waals surface area contributed by atoms with E-state index in [1.165, 1.54) is 58.8 Å². The Hall–Kier alpha value is -2.37. The summed E-state index contributed by atoms with van der Waals surface area (Å²) < 4.78 is 62.3. The van der Waals surface area contributed by atoms with E-state index in [2.05, 4.69) is 47.4 Å². The summed E-state index contributed by atoms with van der Waals surface area (Å²) in [5.41, 5.74) is 4.33. The van der Waals surface area contributed by atoms with Crippen molar-refractivity contribution in [2.75, 3.05) is 37.8 Å². The summed E-state index contributed by atoms with van der Waals surface area (Å²) in [5.74, 6) is -0.616. The molecule has 7 atom stereocenters. The lowest BCUT2D eigenvalue weighted by Gasteiger charge is -2.30. The molecule has 3 rings (SSSR count). The van der Waals surface area contributed by atoms with Crippen molar-refractivity contribution in [2.45, 2.75) is 116 Å². The van der Waals surface area contributed by atoms with Crippen LogP contribution in [0.2, 0.25) is 0 Å². The van der Waals surface area contributed by atoms with Gasteiger partial charge < -0.3 is 50.9 Å². The van der Waals surface area contributed by atoms with Crippen molar-refractivity contribution < 1.29 is 75.7 Å². The van der Waals surface area contributed by atoms with E-state index in [9.17, 15) is 53.1 Å². The molecule has 0 aliphatic carbocycles. The number of rotatable bonds is 29. The van der Waals surface area contributed by atoms with Crippen molar-refractivity contribution in [1.82, 2.24) is 30.2 Å². The Morgan fingerprint density at radius 2 is 1.67 bits per heavy atom. The minimum Gasteiger partial charge on any atom is -0.386 e. The van der Waals surface area contributed by atoms with Gasteiger partial charge in [0.1, 0.15) is 36.3 Å². The lowest BCUT2D eigenvalue weighted by Crippen LogP contribution is -2.46. The number of unbranched alkanes of at least 4 members (excludes halogenated alkanes) is 8. The van der Waals surface area contributed by atoms with Crippen LogP contribution in [0.5, 0.6) is 0 Å². The first-order valence-corrected chi connectivity index (χ1v) is 24.9. The topological polar surface area (TPSA) is 347 Å². The molecule has 3 unspecified atom stereocenters. The number of allylic oxidation sites excluding steroid dienone is 1. The van der Waals surface area contributed by atoms with Crippen molar-refractivity contribution >= 4 is 64.0 Å². The number of nitrogens with two attached hydrogens (primary N) is 1. The van der Waals surface area contributed by atoms with E-state index in [1.54, 1.807) is 11.8 Å². The fraction of sp³-hybridized carbons (Fsp3) is 0.727. The molecule has 342 valence electrons. The normalized spacial score (nSPS) is 21.2. The molecular formula is C33H58N7O16P3S. The molecule has 1 saturated heterocycles. The van der Waals surface area contributed by atoms with Crippen LogP contribution in [0.3, 0.4) is 0 Å². The Morgan fingerprint density at radius 3 is 2.35 bits per heavy atom. The average molecular weight is 934 g/mol. The number of imidazole rings is 1. The summed E-state index contributed by atoms with van der Waals surface area (Å²) in [6.07, 6.45) is 6.57. The van der Waals surface area contributed by atoms with Gasteiger partial charge in [-0.2, -0.15) is 4.31 Å². The Balaban J connectivity index is 1.39. The van der Waals surface area contributed by atoms with Crippen LogP contribution in [0.4, 0.5) is 5.82 Å². The highest BCUT2D eigenvalue weighted by atomic mass is 32.2. The van der Waals surface area contributed by atoms with E-state index in [0.29, 0.717) is 12.3 Å². The van der Waals surface area contributed by atoms with Gasteiger partial charge >= 0.3 is 23.5 Å². The molecule has 0 radical (unpaired) electrons. The number of nitrogens with one attached hydrogen (secondary N) is 2. The van der Waals surface area contributed by atoms with Gasteiger partial charge in [-0.25, -0.2) is 28.6 Å². The van der Waals surface area contributed by atoms with Gasteiger partial charge in [0.15, 0.2) is 17.7 Å². The van der Waals surface area contributed by atoms with Crippen molar-refractivity contribution in [2.24, 2.45) is 5.41 Å². The van der Waals surface area contributed by atoms with Gasteiger partial charge in [-0.05, 0) is 18.2 Å². The summed E-state index contributed by atoms with van der Waals surface area (Å²) in [7, 11) is -16.3. The molecule has 0 saturated carbocycles. The number of aromatic nitrogens is 4. The average Bonchev–Trinajstić information content (AvgIpc) is 3.73. The molecule has 10 N–H and O–H groups in total. The molecule has 2 aromatic heterocycles. The molecule has 1 fully saturated rings. The second kappa shape index (κ2) is 24.5. The van der Waals surface area contributed by atoms with Gasteiger partial charge in [0.2, 0.25) is 11.8 Å². The zero-order chi connectivity index (χ0) is 44.6. The Morgan fingerprint density at radius 1 is 1.00 bits per heavy atom. The largest absolute Gasteiger partial charge is 0.481 e. The summed E-state index contributed by atoms with van der Waals surface area (Å²) in [4.78, 5) is 75.9. The highest BCUT2D eigenvalue weighted by Gasteiger charge is 2.50. The first-order valence-electron chi connectivity index (χ1n) is 19.3. The first-order chi connectivity index (χ1) is 28.2. The number of phosphoric acid groups is 3. The minimum atomic E-state index is -5.55. The van der Waals surface area contributed by atoms with Crippen LogP contribution >= 0.6 is 35.2 Å². The number of ether oxygens (including phenoxy) is 1. The Kier molecular flexibility index (Phi) is 21.2. The maximum atomic E-state index is 12.7. The second-order valence-corrected chi connectivity index (χ2v) is 19.8. The van der Waals surface area contributed by atoms with Gasteiger partial charge in [-0.3, -0.25) is 27.7 Å². The molecule has 60 heavy (non-hydrogen) atoms. The van der Waals surface area contributed by atoms with Crippen LogP contribution in [0.1, 0.15) is 91.2 Å². The van der Waals surface area contributed by atoms with Gasteiger partial charge in [0, 0.05) is 30.7 Å². The van der Waals surface area contributed by atoms with Crippen LogP contribution in [-0.2, 0) is 45.9 Å². The Labute approximate surface area is 352 Å². The van der Waals surface area contributed by atoms with Crippen molar-refractivity contribution in [3.05, 3.63) is 24.1 Å². The predicted molar refractivity (Wildman–Crippen MR) is 218 cm³/mol. The number of aliphatic hydroxyl groups excluding tert-OH is 2. The predicted octanol–water partition coefficient (Wildman–Crippen LogP) is 3.18. The first kappa shape index (κ1) is 52.0. The summed E-state index contributed by atoms with van der Waals surface area (Å²) in [6, 6.07) is 0. The zero-order valence-electron chi connectivity index (χ0n) is 33.7. The maximum Gasteiger partial charge on any atom is 0.481 e. The SMILES string of the molecule is CCCCCCCCCC/C=C/SCCNC(=O)CCNC(=O)C(O)C(C)(C)COP(=O)(O)OP(=O)(O)OC[C@H]1O[C@@H](n2cnc3c(N)ncnc32)[C@H](O)[C@@H]1OP(=O)(O)O. The van der Waals surface area contributed by atoms with Crippen LogP contribution in [0.25, 0.3) is 11.2 Å². The number of anilines is 1. The smallest absolute Gasteiger partial charge is 0.386 e. The van der Waals surface area contributed by atoms with Gasteiger partial charge in [-0.15, -0.1) is 11.8 Å². The van der Waals surface area contributed by atoms with Gasteiger partial charge in [-0.1, -0.05) is 71.8 Å². The lowest BCUT2D eigenvalue weighted by atomic mass is 9.87. The zero-order valence-corrected chi connectivity index (χ0v) is 37.2. The molecule has 0 spiro atoms. The second-order valence-electron chi connectivity index (χ2n) is 14.6. The molecule has 23 nitrogen and oxygen atoms in total. The molecule has 0 aromatic carbocycles. The van der Waals surface area contributed by atoms with E-state index >= 15 is 0 Å². The number of hydrogen-bond donors (Lipinski definition) is 9. The van der Waals surface area contributed by atoms with Crippen molar-refractivity contribution in [1.29, 1.82) is 0 Å². The number of thioether (sulfide) groups is 1. The molecule has 1 aliphatic rings. The van der Waals surface area contributed by atoms with Crippen molar-refractivity contribution in [3.8, 4) is 0 Å². The third kappa shape index (κ3) is 17.8. The molecule has 1 aliphatic heterocycles. The van der Waals surface area contributed by atoms with Crippen molar-refractivity contribution in [3.63, 3.8) is 0 Å². The van der Waals surface area contributed by atoms with E-state index in [4.69, 9.17) is 19.5 Å². The third-order valence-corrected chi connectivity index (χ3v) is 13.0. The van der Waals surface area contributed by atoms with Gasteiger partial charge in [0.05, 0.1) is 19.5 Å². The molecule has 2 amide bonds. The molecule has 2 aromatic rings. The molecule has 0 bridgehead atoms. The van der Waals surface area contributed by atoms with Crippen LogP contribution in [0.15, 0.2) is 24.1 Å². The number of aliphatic hydroxyl groups is 2. The summed E-state index contributed by atoms with van der Waals surface area (Å²) in [5, 5.41) is 28.7. The van der Waals surface area contributed by atoms with E-state index in [1.807, 2.05) is 5.41 Å². The number of phosphoric ester groups is 3. The molecule has 27 heteroatoms. The number of nitrogens with zero attached hydrogens (tertiary/aromatic N) is 4. The fourth-order valence-electron chi connectivity index (χ4n) is 5.79. The van der Waals surface area contributed by atoms with Crippen LogP contribution in [-0.4, -0.2) is 118 Å². The third-order valence-electron chi connectivity index (χ3n) is 9.04. The number of fused-ring (bicyclic) bond motifs is 1. The monoisotopic (exact) mass is 933 g/mol.